The van der Waals surface area contributed by atoms with Crippen LogP contribution in [0.1, 0.15) is 63.5 Å². The van der Waals surface area contributed by atoms with Gasteiger partial charge in [0.2, 0.25) is 11.8 Å². The molecule has 4 rings (SSSR count). The summed E-state index contributed by atoms with van der Waals surface area (Å²) in [7, 11) is 0. The summed E-state index contributed by atoms with van der Waals surface area (Å²) in [5.74, 6) is 1.98. The number of nitrogens with zero attached hydrogens (tertiary/aromatic N) is 3. The van der Waals surface area contributed by atoms with E-state index in [2.05, 4.69) is 21.8 Å². The zero-order valence-corrected chi connectivity index (χ0v) is 15.2. The molecule has 1 aliphatic heterocycles. The van der Waals surface area contributed by atoms with E-state index >= 15 is 0 Å². The zero-order chi connectivity index (χ0) is 17.6. The molecule has 1 aromatic rings. The first-order valence-corrected chi connectivity index (χ1v) is 9.68. The highest BCUT2D eigenvalue weighted by Gasteiger charge is 2.44. The number of aromatic nitrogens is 2. The fourth-order valence-corrected chi connectivity index (χ4v) is 4.33. The minimum absolute atomic E-state index is 0.0132. The van der Waals surface area contributed by atoms with Crippen molar-refractivity contribution >= 4 is 11.8 Å². The molecular formula is C19H28N4O2. The number of nitrogens with one attached hydrogen (secondary N) is 1. The molecule has 0 saturated heterocycles. The van der Waals surface area contributed by atoms with Crippen LogP contribution in [0.3, 0.4) is 0 Å². The number of carbonyl (C=O) groups is 2. The quantitative estimate of drug-likeness (QED) is 0.909. The topological polar surface area (TPSA) is 67.2 Å². The van der Waals surface area contributed by atoms with Gasteiger partial charge in [0.1, 0.15) is 5.82 Å². The molecule has 0 aromatic carbocycles. The molecule has 2 saturated carbocycles. The molecule has 2 amide bonds. The SMILES string of the molecule is C[C@@H]1C[C@@H]1C(=O)N1CCn2cc(CC(=O)NC3CCCC3)nc2[C@@H]1C. The maximum atomic E-state index is 12.6. The molecule has 2 aliphatic carbocycles. The Bertz CT molecular complexity index is 677. The maximum Gasteiger partial charge on any atom is 0.226 e. The Labute approximate surface area is 149 Å². The van der Waals surface area contributed by atoms with E-state index < -0.39 is 0 Å². The lowest BCUT2D eigenvalue weighted by molar-refractivity contribution is -0.136. The lowest BCUT2D eigenvalue weighted by Crippen LogP contribution is -2.42. The van der Waals surface area contributed by atoms with Crippen molar-refractivity contribution in [2.45, 2.75) is 71.0 Å². The average Bonchev–Trinajstić information content (AvgIpc) is 2.97. The molecule has 0 unspecified atom stereocenters. The molecule has 1 N–H and O–H groups in total. The summed E-state index contributed by atoms with van der Waals surface area (Å²) in [6.45, 7) is 5.69. The van der Waals surface area contributed by atoms with Crippen molar-refractivity contribution in [2.75, 3.05) is 6.54 Å². The van der Waals surface area contributed by atoms with Gasteiger partial charge in [0.25, 0.3) is 0 Å². The molecule has 6 heteroatoms. The largest absolute Gasteiger partial charge is 0.353 e. The Morgan fingerprint density at radius 2 is 1.96 bits per heavy atom. The molecule has 0 bridgehead atoms. The van der Waals surface area contributed by atoms with Gasteiger partial charge in [-0.05, 0) is 32.1 Å². The van der Waals surface area contributed by atoms with Gasteiger partial charge < -0.3 is 14.8 Å². The molecule has 3 aliphatic rings. The van der Waals surface area contributed by atoms with Crippen molar-refractivity contribution in [2.24, 2.45) is 11.8 Å². The Morgan fingerprint density at radius 1 is 1.24 bits per heavy atom. The van der Waals surface area contributed by atoms with Crippen LogP contribution in [0.5, 0.6) is 0 Å². The van der Waals surface area contributed by atoms with E-state index in [-0.39, 0.29) is 23.8 Å². The monoisotopic (exact) mass is 344 g/mol. The van der Waals surface area contributed by atoms with Crippen molar-refractivity contribution in [1.29, 1.82) is 0 Å². The first-order chi connectivity index (χ1) is 12.0. The van der Waals surface area contributed by atoms with Gasteiger partial charge in [0.15, 0.2) is 0 Å². The molecule has 6 nitrogen and oxygen atoms in total. The van der Waals surface area contributed by atoms with E-state index in [4.69, 9.17) is 0 Å². The molecule has 0 spiro atoms. The first-order valence-electron chi connectivity index (χ1n) is 9.68. The zero-order valence-electron chi connectivity index (χ0n) is 15.2. The predicted molar refractivity (Wildman–Crippen MR) is 93.7 cm³/mol. The third-order valence-corrected chi connectivity index (χ3v) is 6.05. The number of fused-ring (bicyclic) bond motifs is 1. The van der Waals surface area contributed by atoms with Gasteiger partial charge >= 0.3 is 0 Å². The van der Waals surface area contributed by atoms with E-state index in [9.17, 15) is 9.59 Å². The highest BCUT2D eigenvalue weighted by atomic mass is 16.2. The summed E-state index contributed by atoms with van der Waals surface area (Å²) in [6.07, 6.45) is 7.95. The average molecular weight is 344 g/mol. The minimum Gasteiger partial charge on any atom is -0.353 e. The van der Waals surface area contributed by atoms with Crippen molar-refractivity contribution in [3.05, 3.63) is 17.7 Å². The lowest BCUT2D eigenvalue weighted by atomic mass is 10.1. The Hall–Kier alpha value is -1.85. The molecule has 2 heterocycles. The van der Waals surface area contributed by atoms with Crippen molar-refractivity contribution < 1.29 is 9.59 Å². The summed E-state index contributed by atoms with van der Waals surface area (Å²) in [6, 6.07) is 0.331. The summed E-state index contributed by atoms with van der Waals surface area (Å²) < 4.78 is 2.11. The molecule has 136 valence electrons. The third-order valence-electron chi connectivity index (χ3n) is 6.05. The van der Waals surface area contributed by atoms with Crippen LogP contribution in [0.4, 0.5) is 0 Å². The van der Waals surface area contributed by atoms with Gasteiger partial charge in [-0.15, -0.1) is 0 Å². The second-order valence-corrected chi connectivity index (χ2v) is 8.04. The third kappa shape index (κ3) is 3.31. The normalized spacial score (nSPS) is 28.7. The smallest absolute Gasteiger partial charge is 0.226 e. The molecule has 2 fully saturated rings. The number of amides is 2. The molecule has 1 aromatic heterocycles. The van der Waals surface area contributed by atoms with E-state index in [0.29, 0.717) is 18.4 Å². The van der Waals surface area contributed by atoms with Crippen LogP contribution in [0.25, 0.3) is 0 Å². The van der Waals surface area contributed by atoms with Crippen molar-refractivity contribution in [3.8, 4) is 0 Å². The summed E-state index contributed by atoms with van der Waals surface area (Å²) >= 11 is 0. The highest BCUT2D eigenvalue weighted by Crippen LogP contribution is 2.41. The van der Waals surface area contributed by atoms with Crippen molar-refractivity contribution in [3.63, 3.8) is 0 Å². The van der Waals surface area contributed by atoms with Crippen LogP contribution < -0.4 is 5.32 Å². The number of hydrogen-bond donors (Lipinski definition) is 1. The van der Waals surface area contributed by atoms with Gasteiger partial charge in [-0.3, -0.25) is 9.59 Å². The van der Waals surface area contributed by atoms with Crippen LogP contribution >= 0.6 is 0 Å². The number of imidazole rings is 1. The molecule has 0 radical (unpaired) electrons. The minimum atomic E-state index is -0.0132. The van der Waals surface area contributed by atoms with Gasteiger partial charge in [-0.25, -0.2) is 4.98 Å². The fraction of sp³-hybridized carbons (Fsp3) is 0.737. The van der Waals surface area contributed by atoms with Gasteiger partial charge in [-0.1, -0.05) is 19.8 Å². The Morgan fingerprint density at radius 3 is 2.64 bits per heavy atom. The Balaban J connectivity index is 1.41. The van der Waals surface area contributed by atoms with Crippen LogP contribution in [0, 0.1) is 11.8 Å². The molecule has 25 heavy (non-hydrogen) atoms. The van der Waals surface area contributed by atoms with Crippen LogP contribution in [-0.2, 0) is 22.6 Å². The fourth-order valence-electron chi connectivity index (χ4n) is 4.33. The van der Waals surface area contributed by atoms with Crippen molar-refractivity contribution in [1.82, 2.24) is 19.8 Å². The van der Waals surface area contributed by atoms with E-state index in [1.807, 2.05) is 18.0 Å². The van der Waals surface area contributed by atoms with E-state index in [0.717, 1.165) is 43.9 Å². The van der Waals surface area contributed by atoms with E-state index in [1.54, 1.807) is 0 Å². The lowest BCUT2D eigenvalue weighted by Gasteiger charge is -2.34. The number of carbonyl (C=O) groups excluding carboxylic acids is 2. The van der Waals surface area contributed by atoms with Gasteiger partial charge in [-0.2, -0.15) is 0 Å². The molecular weight excluding hydrogens is 316 g/mol. The summed E-state index contributed by atoms with van der Waals surface area (Å²) in [5.41, 5.74) is 0.812. The van der Waals surface area contributed by atoms with Gasteiger partial charge in [0.05, 0.1) is 18.2 Å². The summed E-state index contributed by atoms with van der Waals surface area (Å²) in [4.78, 5) is 31.5. The number of rotatable bonds is 4. The van der Waals surface area contributed by atoms with Gasteiger partial charge in [0, 0.05) is 31.2 Å². The standard InChI is InChI=1S/C19H28N4O2/c1-12-9-16(12)19(25)23-8-7-22-11-15(21-18(22)13(23)2)10-17(24)20-14-5-3-4-6-14/h11-14,16H,3-10H2,1-2H3,(H,20,24)/t12-,13+,16+/m1/s1. The predicted octanol–water partition coefficient (Wildman–Crippen LogP) is 2.04. The second-order valence-electron chi connectivity index (χ2n) is 8.04. The van der Waals surface area contributed by atoms with Crippen LogP contribution in [-0.4, -0.2) is 38.9 Å². The highest BCUT2D eigenvalue weighted by molar-refractivity contribution is 5.82. The second kappa shape index (κ2) is 6.46. The molecule has 3 atom stereocenters. The van der Waals surface area contributed by atoms with Crippen LogP contribution in [0.2, 0.25) is 0 Å². The maximum absolute atomic E-state index is 12.6. The summed E-state index contributed by atoms with van der Waals surface area (Å²) in [5, 5.41) is 3.12. The number of hydrogen-bond acceptors (Lipinski definition) is 3. The van der Waals surface area contributed by atoms with E-state index in [1.165, 1.54) is 12.8 Å². The Kier molecular flexibility index (Phi) is 4.29. The van der Waals surface area contributed by atoms with Crippen LogP contribution in [0.15, 0.2) is 6.20 Å². The first kappa shape index (κ1) is 16.6.